The highest BCUT2D eigenvalue weighted by atomic mass is 16.5. The van der Waals surface area contributed by atoms with Crippen LogP contribution in [0.5, 0.6) is 0 Å². The Bertz CT molecular complexity index is 788. The van der Waals surface area contributed by atoms with Crippen LogP contribution in [0.15, 0.2) is 42.7 Å². The van der Waals surface area contributed by atoms with Gasteiger partial charge in [0.1, 0.15) is 6.54 Å². The molecular formula is C17H17N5O3. The third-order valence-corrected chi connectivity index (χ3v) is 3.20. The summed E-state index contributed by atoms with van der Waals surface area (Å²) < 4.78 is 5.12. The number of hydrogen-bond donors (Lipinski definition) is 1. The largest absolute Gasteiger partial charge is 0.451 e. The summed E-state index contributed by atoms with van der Waals surface area (Å²) in [6.07, 6.45) is 2.15. The fourth-order valence-electron chi connectivity index (χ4n) is 1.95. The van der Waals surface area contributed by atoms with Crippen molar-refractivity contribution in [1.29, 1.82) is 5.26 Å². The molecule has 1 heterocycles. The minimum atomic E-state index is -0.983. The second-order valence-corrected chi connectivity index (χ2v) is 5.22. The molecule has 0 aliphatic rings. The lowest BCUT2D eigenvalue weighted by Crippen LogP contribution is -2.35. The summed E-state index contributed by atoms with van der Waals surface area (Å²) in [5, 5.41) is 11.5. The third-order valence-electron chi connectivity index (χ3n) is 3.20. The van der Waals surface area contributed by atoms with Crippen LogP contribution in [-0.4, -0.2) is 41.5 Å². The number of aromatic nitrogens is 2. The summed E-state index contributed by atoms with van der Waals surface area (Å²) in [5.41, 5.74) is 0.883. The predicted octanol–water partition coefficient (Wildman–Crippen LogP) is 1.35. The van der Waals surface area contributed by atoms with Crippen LogP contribution in [0.1, 0.15) is 12.5 Å². The summed E-state index contributed by atoms with van der Waals surface area (Å²) in [4.78, 5) is 33.6. The topological polar surface area (TPSA) is 108 Å². The van der Waals surface area contributed by atoms with E-state index in [2.05, 4.69) is 15.3 Å². The van der Waals surface area contributed by atoms with Gasteiger partial charge >= 0.3 is 5.97 Å². The van der Waals surface area contributed by atoms with Gasteiger partial charge in [-0.15, -0.1) is 0 Å². The zero-order valence-corrected chi connectivity index (χ0v) is 13.8. The average molecular weight is 339 g/mol. The van der Waals surface area contributed by atoms with E-state index < -0.39 is 18.0 Å². The number of rotatable bonds is 6. The van der Waals surface area contributed by atoms with Crippen molar-refractivity contribution in [1.82, 2.24) is 9.97 Å². The minimum absolute atomic E-state index is 0.0917. The van der Waals surface area contributed by atoms with Crippen molar-refractivity contribution in [2.45, 2.75) is 13.0 Å². The maximum Gasteiger partial charge on any atom is 0.326 e. The van der Waals surface area contributed by atoms with E-state index in [1.54, 1.807) is 43.7 Å². The molecule has 0 saturated carbocycles. The molecule has 0 saturated heterocycles. The number of hydrogen-bond acceptors (Lipinski definition) is 7. The molecule has 1 atom stereocenters. The Kier molecular flexibility index (Phi) is 6.01. The Labute approximate surface area is 145 Å². The number of amides is 1. The molecule has 1 aromatic heterocycles. The number of ether oxygens (including phenoxy) is 1. The summed E-state index contributed by atoms with van der Waals surface area (Å²) in [6, 6.07) is 10.1. The quantitative estimate of drug-likeness (QED) is 0.791. The van der Waals surface area contributed by atoms with E-state index in [1.807, 2.05) is 6.07 Å². The van der Waals surface area contributed by atoms with Gasteiger partial charge in [0.2, 0.25) is 5.95 Å². The lowest BCUT2D eigenvalue weighted by atomic mass is 10.2. The lowest BCUT2D eigenvalue weighted by Gasteiger charge is -2.18. The number of nitriles is 1. The van der Waals surface area contributed by atoms with Crippen LogP contribution in [0.2, 0.25) is 0 Å². The van der Waals surface area contributed by atoms with E-state index in [4.69, 9.17) is 10.00 Å². The maximum absolute atomic E-state index is 12.1. The molecule has 8 heteroatoms. The molecule has 0 radical (unpaired) electrons. The predicted molar refractivity (Wildman–Crippen MR) is 90.6 cm³/mol. The van der Waals surface area contributed by atoms with Gasteiger partial charge in [-0.1, -0.05) is 6.07 Å². The molecule has 0 fully saturated rings. The van der Waals surface area contributed by atoms with Gasteiger partial charge in [-0.3, -0.25) is 9.59 Å². The van der Waals surface area contributed by atoms with Crippen molar-refractivity contribution in [3.8, 4) is 6.07 Å². The van der Waals surface area contributed by atoms with E-state index in [-0.39, 0.29) is 6.54 Å². The number of carbonyl (C=O) groups is 2. The molecule has 1 unspecified atom stereocenters. The number of nitrogens with zero attached hydrogens (tertiary/aromatic N) is 4. The maximum atomic E-state index is 12.1. The second-order valence-electron chi connectivity index (χ2n) is 5.22. The van der Waals surface area contributed by atoms with Crippen LogP contribution in [0.25, 0.3) is 0 Å². The summed E-state index contributed by atoms with van der Waals surface area (Å²) in [6.45, 7) is 1.38. The van der Waals surface area contributed by atoms with Crippen molar-refractivity contribution in [3.05, 3.63) is 48.3 Å². The van der Waals surface area contributed by atoms with Gasteiger partial charge in [0.25, 0.3) is 5.91 Å². The molecule has 0 bridgehead atoms. The molecular weight excluding hydrogens is 322 g/mol. The Morgan fingerprint density at radius 3 is 2.72 bits per heavy atom. The van der Waals surface area contributed by atoms with Crippen LogP contribution in [0.3, 0.4) is 0 Å². The van der Waals surface area contributed by atoms with Crippen molar-refractivity contribution in [3.63, 3.8) is 0 Å². The van der Waals surface area contributed by atoms with Crippen LogP contribution in [0, 0.1) is 11.3 Å². The number of benzene rings is 1. The molecule has 0 aliphatic carbocycles. The van der Waals surface area contributed by atoms with E-state index in [9.17, 15) is 9.59 Å². The zero-order valence-electron chi connectivity index (χ0n) is 13.8. The molecule has 8 nitrogen and oxygen atoms in total. The first-order chi connectivity index (χ1) is 12.0. The summed E-state index contributed by atoms with van der Waals surface area (Å²) in [7, 11) is 1.65. The van der Waals surface area contributed by atoms with E-state index in [1.165, 1.54) is 17.9 Å². The number of esters is 1. The second kappa shape index (κ2) is 8.40. The average Bonchev–Trinajstić information content (AvgIpc) is 2.62. The Morgan fingerprint density at radius 2 is 2.04 bits per heavy atom. The minimum Gasteiger partial charge on any atom is -0.451 e. The van der Waals surface area contributed by atoms with Gasteiger partial charge in [0.15, 0.2) is 6.10 Å². The summed E-state index contributed by atoms with van der Waals surface area (Å²) in [5.74, 6) is -0.685. The van der Waals surface area contributed by atoms with Crippen molar-refractivity contribution < 1.29 is 14.3 Å². The first-order valence-electron chi connectivity index (χ1n) is 7.48. The van der Waals surface area contributed by atoms with Gasteiger partial charge in [-0.25, -0.2) is 9.97 Å². The number of carbonyl (C=O) groups excluding carboxylic acids is 2. The zero-order chi connectivity index (χ0) is 18.2. The highest BCUT2D eigenvalue weighted by molar-refractivity contribution is 5.95. The van der Waals surface area contributed by atoms with Crippen LogP contribution < -0.4 is 10.2 Å². The Morgan fingerprint density at radius 1 is 1.32 bits per heavy atom. The summed E-state index contributed by atoms with van der Waals surface area (Å²) >= 11 is 0. The highest BCUT2D eigenvalue weighted by Crippen LogP contribution is 2.11. The van der Waals surface area contributed by atoms with Gasteiger partial charge < -0.3 is 15.0 Å². The molecule has 128 valence electrons. The molecule has 2 rings (SSSR count). The van der Waals surface area contributed by atoms with E-state index in [0.29, 0.717) is 17.2 Å². The Hall–Kier alpha value is -3.47. The van der Waals surface area contributed by atoms with Gasteiger partial charge in [-0.2, -0.15) is 5.26 Å². The third kappa shape index (κ3) is 5.28. The SMILES string of the molecule is CC(OC(=O)CN(C)c1ncccn1)C(=O)Nc1cccc(C#N)c1. The van der Waals surface area contributed by atoms with Crippen LogP contribution >= 0.6 is 0 Å². The first-order valence-corrected chi connectivity index (χ1v) is 7.48. The van der Waals surface area contributed by atoms with Crippen LogP contribution in [0.4, 0.5) is 11.6 Å². The number of nitrogens with one attached hydrogen (secondary N) is 1. The number of anilines is 2. The fourth-order valence-corrected chi connectivity index (χ4v) is 1.95. The first kappa shape index (κ1) is 17.9. The normalized spacial score (nSPS) is 11.1. The van der Waals surface area contributed by atoms with Crippen molar-refractivity contribution >= 4 is 23.5 Å². The lowest BCUT2D eigenvalue weighted by molar-refractivity contribution is -0.151. The van der Waals surface area contributed by atoms with E-state index in [0.717, 1.165) is 0 Å². The molecule has 1 N–H and O–H groups in total. The molecule has 2 aromatic rings. The number of likely N-dealkylation sites (N-methyl/N-ethyl adjacent to an activating group) is 1. The molecule has 0 spiro atoms. The fraction of sp³-hybridized carbons (Fsp3) is 0.235. The van der Waals surface area contributed by atoms with Crippen molar-refractivity contribution in [2.24, 2.45) is 0 Å². The monoisotopic (exact) mass is 339 g/mol. The van der Waals surface area contributed by atoms with Crippen LogP contribution in [-0.2, 0) is 14.3 Å². The van der Waals surface area contributed by atoms with Gasteiger partial charge in [-0.05, 0) is 31.2 Å². The Balaban J connectivity index is 1.87. The highest BCUT2D eigenvalue weighted by Gasteiger charge is 2.19. The smallest absolute Gasteiger partial charge is 0.326 e. The molecule has 1 amide bonds. The van der Waals surface area contributed by atoms with Gasteiger partial charge in [0, 0.05) is 25.1 Å². The molecule has 1 aromatic carbocycles. The molecule has 0 aliphatic heterocycles. The van der Waals surface area contributed by atoms with Gasteiger partial charge in [0.05, 0.1) is 11.6 Å². The standard InChI is InChI=1S/C17H17N5O3/c1-12(16(24)21-14-6-3-5-13(9-14)10-18)25-15(23)11-22(2)17-19-7-4-8-20-17/h3-9,12H,11H2,1-2H3,(H,21,24). The van der Waals surface area contributed by atoms with E-state index >= 15 is 0 Å². The van der Waals surface area contributed by atoms with Crippen molar-refractivity contribution in [2.75, 3.05) is 23.8 Å². The molecule has 25 heavy (non-hydrogen) atoms.